The monoisotopic (exact) mass is 460 g/mol. The zero-order valence-electron chi connectivity index (χ0n) is 19.1. The molecule has 5 heteroatoms. The van der Waals surface area contributed by atoms with E-state index in [-0.39, 0.29) is 17.6 Å². The van der Waals surface area contributed by atoms with Crippen LogP contribution in [0.2, 0.25) is 5.02 Å². The van der Waals surface area contributed by atoms with Crippen LogP contribution in [0.15, 0.2) is 60.7 Å². The minimum Gasteiger partial charge on any atom is -0.506 e. The van der Waals surface area contributed by atoms with E-state index in [1.807, 2.05) is 47.4 Å². The van der Waals surface area contributed by atoms with Gasteiger partial charge in [-0.25, -0.2) is 0 Å². The Balaban J connectivity index is 1.60. The third-order valence-electron chi connectivity index (χ3n) is 7.34. The van der Waals surface area contributed by atoms with Crippen LogP contribution in [0.4, 0.5) is 5.69 Å². The zero-order valence-corrected chi connectivity index (χ0v) is 19.8. The first-order chi connectivity index (χ1) is 15.9. The number of benzene rings is 3. The Bertz CT molecular complexity index is 1190. The number of rotatable bonds is 3. The van der Waals surface area contributed by atoms with Gasteiger partial charge in [0.1, 0.15) is 5.75 Å². The summed E-state index contributed by atoms with van der Waals surface area (Å²) in [5.74, 6) is 0.349. The lowest BCUT2D eigenvalue weighted by atomic mass is 9.73. The van der Waals surface area contributed by atoms with Gasteiger partial charge in [-0.1, -0.05) is 48.0 Å². The molecule has 0 spiro atoms. The fourth-order valence-electron chi connectivity index (χ4n) is 5.67. The second-order valence-corrected chi connectivity index (χ2v) is 9.65. The highest BCUT2D eigenvalue weighted by molar-refractivity contribution is 6.32. The van der Waals surface area contributed by atoms with Crippen LogP contribution >= 0.6 is 11.6 Å². The van der Waals surface area contributed by atoms with Crippen molar-refractivity contribution >= 4 is 23.2 Å². The number of carbonyl (C=O) groups excluding carboxylic acids is 1. The largest absolute Gasteiger partial charge is 0.506 e. The van der Waals surface area contributed by atoms with Gasteiger partial charge in [0.25, 0.3) is 0 Å². The highest BCUT2D eigenvalue weighted by Gasteiger charge is 2.37. The highest BCUT2D eigenvalue weighted by Crippen LogP contribution is 2.45. The van der Waals surface area contributed by atoms with Crippen LogP contribution in [0.1, 0.15) is 47.1 Å². The predicted molar refractivity (Wildman–Crippen MR) is 133 cm³/mol. The number of phenolic OH excluding ortho intramolecular Hbond substituents is 1. The number of hydrogen-bond donors (Lipinski definition) is 1. The van der Waals surface area contributed by atoms with Crippen LogP contribution in [0.25, 0.3) is 0 Å². The molecule has 3 aromatic rings. The number of amides is 1. The molecule has 5 rings (SSSR count). The van der Waals surface area contributed by atoms with E-state index in [1.165, 1.54) is 27.8 Å². The molecule has 1 heterocycles. The van der Waals surface area contributed by atoms with Gasteiger partial charge in [0, 0.05) is 31.1 Å². The van der Waals surface area contributed by atoms with Crippen molar-refractivity contribution in [3.63, 3.8) is 0 Å². The van der Waals surface area contributed by atoms with E-state index in [1.54, 1.807) is 6.92 Å². The van der Waals surface area contributed by atoms with Crippen molar-refractivity contribution in [2.24, 2.45) is 0 Å². The Kier molecular flexibility index (Phi) is 5.90. The Labute approximate surface area is 200 Å². The van der Waals surface area contributed by atoms with Gasteiger partial charge >= 0.3 is 0 Å². The van der Waals surface area contributed by atoms with Crippen LogP contribution < -0.4 is 4.90 Å². The molecule has 1 aliphatic carbocycles. The molecule has 1 N–H and O–H groups in total. The van der Waals surface area contributed by atoms with Gasteiger partial charge < -0.3 is 14.9 Å². The van der Waals surface area contributed by atoms with E-state index < -0.39 is 0 Å². The second kappa shape index (κ2) is 8.85. The first kappa shape index (κ1) is 22.0. The van der Waals surface area contributed by atoms with Crippen molar-refractivity contribution in [1.82, 2.24) is 4.90 Å². The Morgan fingerprint density at radius 2 is 1.88 bits per heavy atom. The van der Waals surface area contributed by atoms with Gasteiger partial charge in [-0.3, -0.25) is 4.79 Å². The Morgan fingerprint density at radius 1 is 1.09 bits per heavy atom. The third kappa shape index (κ3) is 4.03. The summed E-state index contributed by atoms with van der Waals surface area (Å²) in [7, 11) is 2.20. The lowest BCUT2D eigenvalue weighted by molar-refractivity contribution is -0.116. The molecule has 2 atom stereocenters. The summed E-state index contributed by atoms with van der Waals surface area (Å²) in [5, 5.41) is 10.9. The molecule has 0 bridgehead atoms. The van der Waals surface area contributed by atoms with E-state index in [0.717, 1.165) is 31.5 Å². The number of nitrogens with zero attached hydrogens (tertiary/aromatic N) is 2. The number of likely N-dealkylation sites (N-methyl/N-ethyl adjacent to an activating group) is 1. The van der Waals surface area contributed by atoms with Crippen molar-refractivity contribution in [2.75, 3.05) is 18.5 Å². The van der Waals surface area contributed by atoms with E-state index in [4.69, 9.17) is 11.6 Å². The molecular formula is C28H29ClN2O2. The number of phenols is 1. The van der Waals surface area contributed by atoms with Gasteiger partial charge in [0.15, 0.2) is 0 Å². The van der Waals surface area contributed by atoms with E-state index >= 15 is 0 Å². The first-order valence-corrected chi connectivity index (χ1v) is 12.0. The smallest absolute Gasteiger partial charge is 0.224 e. The standard InChI is InChI=1S/C28H29ClN2O2/c1-18(32)31(21-8-4-3-5-9-21)17-20-7-6-10-23-22(20)11-12-26-28(23)24-16-27(33)25(29)15-19(24)13-14-30(26)2/h3-10,15-16,26,28,33H,11-14,17H2,1-2H3. The molecule has 4 nitrogen and oxygen atoms in total. The number of para-hydroxylation sites is 1. The van der Waals surface area contributed by atoms with Crippen molar-refractivity contribution in [1.29, 1.82) is 0 Å². The Hall–Kier alpha value is -2.82. The number of halogens is 1. The fraction of sp³-hybridized carbons (Fsp3) is 0.321. The molecule has 2 aliphatic rings. The number of fused-ring (bicyclic) bond motifs is 5. The highest BCUT2D eigenvalue weighted by atomic mass is 35.5. The molecule has 0 fully saturated rings. The van der Waals surface area contributed by atoms with Crippen LogP contribution in [-0.4, -0.2) is 35.5 Å². The molecule has 0 saturated heterocycles. The van der Waals surface area contributed by atoms with Gasteiger partial charge in [-0.15, -0.1) is 0 Å². The predicted octanol–water partition coefficient (Wildman–Crippen LogP) is 5.53. The molecule has 0 aromatic heterocycles. The molecule has 0 radical (unpaired) electrons. The lowest BCUT2D eigenvalue weighted by Gasteiger charge is -2.39. The first-order valence-electron chi connectivity index (χ1n) is 11.6. The average molecular weight is 461 g/mol. The molecule has 0 saturated carbocycles. The SMILES string of the molecule is CC(=O)N(Cc1cccc2c1CCC1C2c2cc(O)c(Cl)cc2CCN1C)c1ccccc1. The van der Waals surface area contributed by atoms with Crippen molar-refractivity contribution in [2.45, 2.75) is 44.7 Å². The Morgan fingerprint density at radius 3 is 2.64 bits per heavy atom. The van der Waals surface area contributed by atoms with Crippen molar-refractivity contribution < 1.29 is 9.90 Å². The summed E-state index contributed by atoms with van der Waals surface area (Å²) in [6.07, 6.45) is 2.94. The molecular weight excluding hydrogens is 432 g/mol. The van der Waals surface area contributed by atoms with E-state index in [0.29, 0.717) is 17.6 Å². The minimum atomic E-state index is 0.0339. The molecule has 2 unspecified atom stereocenters. The van der Waals surface area contributed by atoms with Gasteiger partial charge in [-0.05, 0) is 78.4 Å². The third-order valence-corrected chi connectivity index (χ3v) is 7.64. The molecule has 33 heavy (non-hydrogen) atoms. The van der Waals surface area contributed by atoms with Crippen LogP contribution in [0.3, 0.4) is 0 Å². The summed E-state index contributed by atoms with van der Waals surface area (Å²) in [6, 6.07) is 20.5. The number of aromatic hydroxyl groups is 1. The summed E-state index contributed by atoms with van der Waals surface area (Å²) in [6.45, 7) is 3.15. The summed E-state index contributed by atoms with van der Waals surface area (Å²) < 4.78 is 0. The van der Waals surface area contributed by atoms with Crippen LogP contribution in [0, 0.1) is 0 Å². The summed E-state index contributed by atoms with van der Waals surface area (Å²) in [4.78, 5) is 16.8. The van der Waals surface area contributed by atoms with Crippen LogP contribution in [-0.2, 0) is 24.2 Å². The summed E-state index contributed by atoms with van der Waals surface area (Å²) in [5.41, 5.74) is 7.13. The number of hydrogen-bond acceptors (Lipinski definition) is 3. The van der Waals surface area contributed by atoms with Gasteiger partial charge in [0.2, 0.25) is 5.91 Å². The molecule has 170 valence electrons. The van der Waals surface area contributed by atoms with Crippen molar-refractivity contribution in [3.8, 4) is 5.75 Å². The van der Waals surface area contributed by atoms with Gasteiger partial charge in [-0.2, -0.15) is 0 Å². The maximum atomic E-state index is 12.5. The second-order valence-electron chi connectivity index (χ2n) is 9.24. The van der Waals surface area contributed by atoms with Crippen LogP contribution in [0.5, 0.6) is 5.75 Å². The van der Waals surface area contributed by atoms with E-state index in [9.17, 15) is 9.90 Å². The lowest BCUT2D eigenvalue weighted by Crippen LogP contribution is -2.40. The summed E-state index contributed by atoms with van der Waals surface area (Å²) >= 11 is 6.28. The van der Waals surface area contributed by atoms with Crippen molar-refractivity contribution in [3.05, 3.63) is 93.5 Å². The molecule has 3 aromatic carbocycles. The zero-order chi connectivity index (χ0) is 23.1. The normalized spacial score (nSPS) is 19.7. The quantitative estimate of drug-likeness (QED) is 0.558. The maximum Gasteiger partial charge on any atom is 0.224 e. The number of carbonyl (C=O) groups is 1. The average Bonchev–Trinajstić information content (AvgIpc) is 2.95. The number of anilines is 1. The molecule has 1 aliphatic heterocycles. The maximum absolute atomic E-state index is 12.5. The molecule has 1 amide bonds. The van der Waals surface area contributed by atoms with E-state index in [2.05, 4.69) is 30.1 Å². The fourth-order valence-corrected chi connectivity index (χ4v) is 5.85. The van der Waals surface area contributed by atoms with Gasteiger partial charge in [0.05, 0.1) is 11.6 Å². The minimum absolute atomic E-state index is 0.0339. The topological polar surface area (TPSA) is 43.8 Å².